The monoisotopic (exact) mass is 516 g/mol. The van der Waals surface area contributed by atoms with E-state index >= 15 is 0 Å². The van der Waals surface area contributed by atoms with E-state index in [0.717, 1.165) is 38.3 Å². The SMILES string of the molecule is CCNC(=NCCCNC(=O)c1ccccc1)N1CCCC(C(=O)OCC)C1.I. The van der Waals surface area contributed by atoms with Crippen molar-refractivity contribution in [3.8, 4) is 0 Å². The predicted octanol–water partition coefficient (Wildman–Crippen LogP) is 2.67. The van der Waals surface area contributed by atoms with Crippen molar-refractivity contribution in [1.82, 2.24) is 15.5 Å². The Morgan fingerprint density at radius 1 is 1.21 bits per heavy atom. The molecular weight excluding hydrogens is 483 g/mol. The number of esters is 1. The number of carbonyl (C=O) groups is 2. The van der Waals surface area contributed by atoms with Crippen molar-refractivity contribution >= 4 is 41.8 Å². The second-order valence-electron chi connectivity index (χ2n) is 6.75. The zero-order valence-electron chi connectivity index (χ0n) is 17.4. The fraction of sp³-hybridized carbons (Fsp3) is 0.571. The van der Waals surface area contributed by atoms with Gasteiger partial charge in [0.15, 0.2) is 5.96 Å². The molecule has 162 valence electrons. The largest absolute Gasteiger partial charge is 0.466 e. The van der Waals surface area contributed by atoms with Crippen LogP contribution in [0.5, 0.6) is 0 Å². The molecule has 1 unspecified atom stereocenters. The molecular formula is C21H33IN4O3. The van der Waals surface area contributed by atoms with Crippen molar-refractivity contribution in [3.05, 3.63) is 35.9 Å². The predicted molar refractivity (Wildman–Crippen MR) is 126 cm³/mol. The number of nitrogens with zero attached hydrogens (tertiary/aromatic N) is 2. The third-order valence-electron chi connectivity index (χ3n) is 4.59. The molecule has 0 aliphatic carbocycles. The maximum absolute atomic E-state index is 12.1. The fourth-order valence-electron chi connectivity index (χ4n) is 3.21. The number of amides is 1. The van der Waals surface area contributed by atoms with Gasteiger partial charge in [0.25, 0.3) is 5.91 Å². The van der Waals surface area contributed by atoms with Gasteiger partial charge in [0.1, 0.15) is 0 Å². The quantitative estimate of drug-likeness (QED) is 0.183. The highest BCUT2D eigenvalue weighted by molar-refractivity contribution is 14.0. The first-order chi connectivity index (χ1) is 13.7. The van der Waals surface area contributed by atoms with Crippen molar-refractivity contribution in [1.29, 1.82) is 0 Å². The summed E-state index contributed by atoms with van der Waals surface area (Å²) in [5.74, 6) is 0.546. The van der Waals surface area contributed by atoms with E-state index in [1.54, 1.807) is 12.1 Å². The smallest absolute Gasteiger partial charge is 0.310 e. The van der Waals surface area contributed by atoms with Crippen LogP contribution in [0.2, 0.25) is 0 Å². The molecule has 1 aromatic carbocycles. The Kier molecular flexibility index (Phi) is 12.3. The molecule has 2 N–H and O–H groups in total. The number of guanidine groups is 1. The normalized spacial score (nSPS) is 16.6. The van der Waals surface area contributed by atoms with Gasteiger partial charge in [-0.25, -0.2) is 0 Å². The van der Waals surface area contributed by atoms with E-state index in [9.17, 15) is 9.59 Å². The average molecular weight is 516 g/mol. The number of hydrogen-bond acceptors (Lipinski definition) is 4. The van der Waals surface area contributed by atoms with E-state index < -0.39 is 0 Å². The van der Waals surface area contributed by atoms with Crippen molar-refractivity contribution in [2.24, 2.45) is 10.9 Å². The van der Waals surface area contributed by atoms with Gasteiger partial charge in [-0.2, -0.15) is 0 Å². The van der Waals surface area contributed by atoms with Crippen molar-refractivity contribution < 1.29 is 14.3 Å². The summed E-state index contributed by atoms with van der Waals surface area (Å²) < 4.78 is 5.18. The van der Waals surface area contributed by atoms with Crippen LogP contribution in [0.1, 0.15) is 43.5 Å². The van der Waals surface area contributed by atoms with Gasteiger partial charge in [-0.1, -0.05) is 18.2 Å². The second kappa shape index (κ2) is 14.2. The number of ether oxygens (including phenoxy) is 1. The maximum Gasteiger partial charge on any atom is 0.310 e. The summed E-state index contributed by atoms with van der Waals surface area (Å²) in [6, 6.07) is 9.19. The molecule has 0 aromatic heterocycles. The number of carbonyl (C=O) groups excluding carboxylic acids is 2. The third kappa shape index (κ3) is 8.59. The van der Waals surface area contributed by atoms with Crippen LogP contribution < -0.4 is 10.6 Å². The molecule has 29 heavy (non-hydrogen) atoms. The van der Waals surface area contributed by atoms with Gasteiger partial charge >= 0.3 is 5.97 Å². The molecule has 0 saturated carbocycles. The molecule has 0 bridgehead atoms. The maximum atomic E-state index is 12.1. The zero-order chi connectivity index (χ0) is 20.2. The second-order valence-corrected chi connectivity index (χ2v) is 6.75. The van der Waals surface area contributed by atoms with Crippen LogP contribution in [-0.4, -0.2) is 62.1 Å². The summed E-state index contributed by atoms with van der Waals surface area (Å²) in [5.41, 5.74) is 0.665. The molecule has 1 amide bonds. The van der Waals surface area contributed by atoms with Crippen LogP contribution >= 0.6 is 24.0 Å². The molecule has 1 aliphatic rings. The molecule has 1 fully saturated rings. The Bertz CT molecular complexity index is 655. The van der Waals surface area contributed by atoms with Crippen LogP contribution in [0, 0.1) is 5.92 Å². The Morgan fingerprint density at radius 2 is 1.97 bits per heavy atom. The van der Waals surface area contributed by atoms with E-state index in [1.807, 2.05) is 32.0 Å². The van der Waals surface area contributed by atoms with Gasteiger partial charge in [-0.15, -0.1) is 24.0 Å². The molecule has 1 heterocycles. The van der Waals surface area contributed by atoms with Gasteiger partial charge < -0.3 is 20.3 Å². The first kappa shape index (κ1) is 25.2. The molecule has 1 aromatic rings. The standard InChI is InChI=1S/C21H32N4O3.HI/c1-3-22-21(25-15-8-12-18(16-25)20(27)28-4-2)24-14-9-13-23-19(26)17-10-6-5-7-11-17;/h5-7,10-11,18H,3-4,8-9,12-16H2,1-2H3,(H,22,24)(H,23,26);1H. The number of hydrogen-bond donors (Lipinski definition) is 2. The Labute approximate surface area is 190 Å². The lowest BCUT2D eigenvalue weighted by Gasteiger charge is -2.34. The Balaban J connectivity index is 0.00000420. The van der Waals surface area contributed by atoms with Crippen molar-refractivity contribution in [2.45, 2.75) is 33.1 Å². The number of nitrogens with one attached hydrogen (secondary N) is 2. The average Bonchev–Trinajstić information content (AvgIpc) is 2.73. The molecule has 8 heteroatoms. The minimum absolute atomic E-state index is 0. The molecule has 0 radical (unpaired) electrons. The number of benzene rings is 1. The Morgan fingerprint density at radius 3 is 2.66 bits per heavy atom. The molecule has 1 aliphatic heterocycles. The first-order valence-corrected chi connectivity index (χ1v) is 10.2. The minimum Gasteiger partial charge on any atom is -0.466 e. The summed E-state index contributed by atoms with van der Waals surface area (Å²) in [5, 5.41) is 6.22. The van der Waals surface area contributed by atoms with Gasteiger partial charge in [-0.3, -0.25) is 14.6 Å². The fourth-order valence-corrected chi connectivity index (χ4v) is 3.21. The lowest BCUT2D eigenvalue weighted by molar-refractivity contribution is -0.149. The first-order valence-electron chi connectivity index (χ1n) is 10.2. The van der Waals surface area contributed by atoms with Crippen molar-refractivity contribution in [3.63, 3.8) is 0 Å². The number of rotatable bonds is 8. The van der Waals surface area contributed by atoms with Crippen LogP contribution in [-0.2, 0) is 9.53 Å². The number of piperidine rings is 1. The van der Waals surface area contributed by atoms with Gasteiger partial charge in [0.05, 0.1) is 12.5 Å². The topological polar surface area (TPSA) is 83.0 Å². The zero-order valence-corrected chi connectivity index (χ0v) is 19.7. The van der Waals surface area contributed by atoms with Crippen LogP contribution in [0.3, 0.4) is 0 Å². The van der Waals surface area contributed by atoms with E-state index in [0.29, 0.717) is 31.8 Å². The molecule has 2 rings (SSSR count). The molecule has 1 atom stereocenters. The van der Waals surface area contributed by atoms with Gasteiger partial charge in [0, 0.05) is 38.3 Å². The number of likely N-dealkylation sites (tertiary alicyclic amines) is 1. The number of halogens is 1. The van der Waals surface area contributed by atoms with Crippen LogP contribution in [0.15, 0.2) is 35.3 Å². The minimum atomic E-state index is -0.119. The van der Waals surface area contributed by atoms with E-state index in [1.165, 1.54) is 0 Å². The van der Waals surface area contributed by atoms with Crippen LogP contribution in [0.25, 0.3) is 0 Å². The molecule has 0 spiro atoms. The van der Waals surface area contributed by atoms with E-state index in [2.05, 4.69) is 20.5 Å². The van der Waals surface area contributed by atoms with E-state index in [-0.39, 0.29) is 41.8 Å². The third-order valence-corrected chi connectivity index (χ3v) is 4.59. The highest BCUT2D eigenvalue weighted by Gasteiger charge is 2.28. The summed E-state index contributed by atoms with van der Waals surface area (Å²) in [4.78, 5) is 30.9. The molecule has 1 saturated heterocycles. The van der Waals surface area contributed by atoms with Gasteiger partial charge in [0.2, 0.25) is 0 Å². The summed E-state index contributed by atoms with van der Waals surface area (Å²) in [7, 11) is 0. The van der Waals surface area contributed by atoms with E-state index in [4.69, 9.17) is 4.74 Å². The molecule has 7 nitrogen and oxygen atoms in total. The van der Waals surface area contributed by atoms with Crippen molar-refractivity contribution in [2.75, 3.05) is 39.3 Å². The number of aliphatic imine (C=N–C) groups is 1. The summed E-state index contributed by atoms with van der Waals surface area (Å²) in [6.07, 6.45) is 2.56. The summed E-state index contributed by atoms with van der Waals surface area (Å²) >= 11 is 0. The lowest BCUT2D eigenvalue weighted by Crippen LogP contribution is -2.48. The van der Waals surface area contributed by atoms with Crippen LogP contribution in [0.4, 0.5) is 0 Å². The summed E-state index contributed by atoms with van der Waals surface area (Å²) in [6.45, 7) is 7.74. The van der Waals surface area contributed by atoms with Gasteiger partial charge in [-0.05, 0) is 45.2 Å². The lowest BCUT2D eigenvalue weighted by atomic mass is 9.98. The highest BCUT2D eigenvalue weighted by atomic mass is 127. The highest BCUT2D eigenvalue weighted by Crippen LogP contribution is 2.18. The Hall–Kier alpha value is -1.84.